The van der Waals surface area contributed by atoms with E-state index in [1.807, 2.05) is 34.9 Å². The minimum absolute atomic E-state index is 0.00806. The van der Waals surface area contributed by atoms with Crippen LogP contribution in [0.15, 0.2) is 41.7 Å². The number of aromatic nitrogens is 3. The van der Waals surface area contributed by atoms with Crippen molar-refractivity contribution in [3.8, 4) is 0 Å². The van der Waals surface area contributed by atoms with Gasteiger partial charge in [0, 0.05) is 33.6 Å². The van der Waals surface area contributed by atoms with Crippen molar-refractivity contribution in [2.24, 2.45) is 4.99 Å². The number of hydrogen-bond acceptors (Lipinski definition) is 4. The Kier molecular flexibility index (Phi) is 7.60. The van der Waals surface area contributed by atoms with Crippen molar-refractivity contribution in [3.05, 3.63) is 48.0 Å². The Balaban J connectivity index is 1.94. The normalized spacial score (nSPS) is 11.3. The van der Waals surface area contributed by atoms with Crippen LogP contribution in [0.2, 0.25) is 0 Å². The number of nitrogens with zero attached hydrogens (tertiary/aromatic N) is 5. The first-order valence-electron chi connectivity index (χ1n) is 8.73. The fourth-order valence-electron chi connectivity index (χ4n) is 2.28. The lowest BCUT2D eigenvalue weighted by Crippen LogP contribution is -2.43. The molecular weight excluding hydrogens is 330 g/mol. The van der Waals surface area contributed by atoms with E-state index in [0.717, 1.165) is 24.4 Å². The van der Waals surface area contributed by atoms with E-state index in [9.17, 15) is 4.79 Å². The van der Waals surface area contributed by atoms with Crippen LogP contribution in [-0.2, 0) is 24.3 Å². The smallest absolute Gasteiger partial charge is 0.241 e. The molecule has 8 heteroatoms. The molecule has 26 heavy (non-hydrogen) atoms. The van der Waals surface area contributed by atoms with Gasteiger partial charge in [0.25, 0.3) is 0 Å². The summed E-state index contributed by atoms with van der Waals surface area (Å²) in [6.07, 6.45) is 2.56. The molecule has 140 valence electrons. The van der Waals surface area contributed by atoms with Crippen molar-refractivity contribution in [1.82, 2.24) is 30.3 Å². The van der Waals surface area contributed by atoms with Crippen LogP contribution in [0.1, 0.15) is 18.3 Å². The second-order valence-corrected chi connectivity index (χ2v) is 6.01. The molecule has 1 amide bonds. The predicted molar refractivity (Wildman–Crippen MR) is 102 cm³/mol. The Morgan fingerprint density at radius 2 is 2.00 bits per heavy atom. The van der Waals surface area contributed by atoms with Crippen LogP contribution < -0.4 is 10.6 Å². The highest BCUT2D eigenvalue weighted by molar-refractivity contribution is 5.86. The summed E-state index contributed by atoms with van der Waals surface area (Å²) in [7, 11) is 3.47. The molecule has 0 radical (unpaired) electrons. The number of aryl methyl sites for hydroxylation is 1. The van der Waals surface area contributed by atoms with Crippen LogP contribution in [0.4, 0.5) is 0 Å². The number of likely N-dealkylation sites (N-methyl/N-ethyl adjacent to an activating group) is 1. The summed E-state index contributed by atoms with van der Waals surface area (Å²) < 4.78 is 2.01. The molecule has 1 aromatic heterocycles. The average molecular weight is 357 g/mol. The molecule has 1 heterocycles. The second kappa shape index (κ2) is 10.2. The lowest BCUT2D eigenvalue weighted by atomic mass is 10.2. The van der Waals surface area contributed by atoms with Crippen LogP contribution in [0.25, 0.3) is 0 Å². The summed E-state index contributed by atoms with van der Waals surface area (Å²) in [6, 6.07) is 10.00. The monoisotopic (exact) mass is 357 g/mol. The van der Waals surface area contributed by atoms with Gasteiger partial charge in [-0.15, -0.1) is 10.2 Å². The molecule has 2 rings (SSSR count). The Morgan fingerprint density at radius 3 is 2.69 bits per heavy atom. The standard InChI is InChI=1S/C18H27N7O/c1-4-16-23-22-14-25(16)11-10-19-18(21-13-17(26)24(2)3)20-12-15-8-6-5-7-9-15/h5-9,14H,4,10-13H2,1-3H3,(H2,19,20,21). The number of guanidine groups is 1. The van der Waals surface area contributed by atoms with Crippen LogP contribution in [0, 0.1) is 0 Å². The molecule has 0 saturated heterocycles. The fourth-order valence-corrected chi connectivity index (χ4v) is 2.28. The first-order valence-corrected chi connectivity index (χ1v) is 8.73. The van der Waals surface area contributed by atoms with Gasteiger partial charge in [-0.2, -0.15) is 0 Å². The van der Waals surface area contributed by atoms with E-state index < -0.39 is 0 Å². The molecule has 0 aliphatic heterocycles. The SMILES string of the molecule is CCc1nncn1CCNC(=NCc1ccccc1)NCC(=O)N(C)C. The fraction of sp³-hybridized carbons (Fsp3) is 0.444. The molecule has 0 unspecified atom stereocenters. The van der Waals surface area contributed by atoms with Crippen LogP contribution in [0.5, 0.6) is 0 Å². The highest BCUT2D eigenvalue weighted by Gasteiger charge is 2.06. The van der Waals surface area contributed by atoms with Gasteiger partial charge >= 0.3 is 0 Å². The average Bonchev–Trinajstić information content (AvgIpc) is 3.11. The van der Waals surface area contributed by atoms with Gasteiger partial charge in [0.15, 0.2) is 5.96 Å². The highest BCUT2D eigenvalue weighted by atomic mass is 16.2. The molecule has 0 atom stereocenters. The van der Waals surface area contributed by atoms with E-state index in [4.69, 9.17) is 0 Å². The molecule has 1 aromatic carbocycles. The van der Waals surface area contributed by atoms with Crippen molar-refractivity contribution < 1.29 is 4.79 Å². The van der Waals surface area contributed by atoms with Crippen LogP contribution in [0.3, 0.4) is 0 Å². The third kappa shape index (κ3) is 6.19. The maximum absolute atomic E-state index is 11.8. The Morgan fingerprint density at radius 1 is 1.23 bits per heavy atom. The number of hydrogen-bond donors (Lipinski definition) is 2. The molecular formula is C18H27N7O. The van der Waals surface area contributed by atoms with Gasteiger partial charge in [0.2, 0.25) is 5.91 Å². The van der Waals surface area contributed by atoms with Crippen molar-refractivity contribution >= 4 is 11.9 Å². The Bertz CT molecular complexity index is 709. The van der Waals surface area contributed by atoms with Gasteiger partial charge < -0.3 is 20.1 Å². The summed E-state index contributed by atoms with van der Waals surface area (Å²) >= 11 is 0. The number of benzene rings is 1. The van der Waals surface area contributed by atoms with Crippen LogP contribution >= 0.6 is 0 Å². The third-order valence-corrected chi connectivity index (χ3v) is 3.83. The van der Waals surface area contributed by atoms with E-state index in [1.54, 1.807) is 25.3 Å². The van der Waals surface area contributed by atoms with E-state index >= 15 is 0 Å². The predicted octanol–water partition coefficient (Wildman–Crippen LogP) is 0.664. The van der Waals surface area contributed by atoms with Gasteiger partial charge in [0.1, 0.15) is 12.2 Å². The summed E-state index contributed by atoms with van der Waals surface area (Å²) in [5.74, 6) is 1.55. The number of aliphatic imine (C=N–C) groups is 1. The first-order chi connectivity index (χ1) is 12.6. The van der Waals surface area contributed by atoms with E-state index in [0.29, 0.717) is 19.0 Å². The lowest BCUT2D eigenvalue weighted by Gasteiger charge is -2.15. The van der Waals surface area contributed by atoms with Gasteiger partial charge in [0.05, 0.1) is 13.1 Å². The molecule has 0 aliphatic rings. The topological polar surface area (TPSA) is 87.4 Å². The number of amides is 1. The summed E-state index contributed by atoms with van der Waals surface area (Å²) in [5, 5.41) is 14.4. The van der Waals surface area contributed by atoms with Crippen molar-refractivity contribution in [1.29, 1.82) is 0 Å². The minimum atomic E-state index is -0.00806. The van der Waals surface area contributed by atoms with Crippen LogP contribution in [-0.4, -0.2) is 58.7 Å². The van der Waals surface area contributed by atoms with E-state index in [1.165, 1.54) is 0 Å². The minimum Gasteiger partial charge on any atom is -0.355 e. The lowest BCUT2D eigenvalue weighted by molar-refractivity contribution is -0.127. The molecule has 8 nitrogen and oxygen atoms in total. The van der Waals surface area contributed by atoms with E-state index in [2.05, 4.69) is 32.7 Å². The number of nitrogens with one attached hydrogen (secondary N) is 2. The van der Waals surface area contributed by atoms with Crippen molar-refractivity contribution in [2.45, 2.75) is 26.4 Å². The molecule has 0 aliphatic carbocycles. The van der Waals surface area contributed by atoms with Gasteiger partial charge in [-0.3, -0.25) is 4.79 Å². The van der Waals surface area contributed by atoms with E-state index in [-0.39, 0.29) is 12.5 Å². The maximum Gasteiger partial charge on any atom is 0.241 e. The van der Waals surface area contributed by atoms with Crippen molar-refractivity contribution in [2.75, 3.05) is 27.2 Å². The van der Waals surface area contributed by atoms with Gasteiger partial charge in [-0.25, -0.2) is 4.99 Å². The highest BCUT2D eigenvalue weighted by Crippen LogP contribution is 2.00. The zero-order valence-electron chi connectivity index (χ0n) is 15.6. The zero-order valence-corrected chi connectivity index (χ0v) is 15.6. The number of rotatable bonds is 8. The summed E-state index contributed by atoms with van der Waals surface area (Å²) in [6.45, 7) is 4.17. The maximum atomic E-state index is 11.8. The molecule has 2 N–H and O–H groups in total. The zero-order chi connectivity index (χ0) is 18.8. The molecule has 0 spiro atoms. The molecule has 0 fully saturated rings. The molecule has 0 saturated carbocycles. The van der Waals surface area contributed by atoms with Crippen molar-refractivity contribution in [3.63, 3.8) is 0 Å². The number of carbonyl (C=O) groups excluding carboxylic acids is 1. The molecule has 2 aromatic rings. The number of carbonyl (C=O) groups is 1. The second-order valence-electron chi connectivity index (χ2n) is 6.01. The summed E-state index contributed by atoms with van der Waals surface area (Å²) in [4.78, 5) is 17.9. The van der Waals surface area contributed by atoms with Gasteiger partial charge in [-0.05, 0) is 5.56 Å². The Hall–Kier alpha value is -2.90. The quantitative estimate of drug-likeness (QED) is 0.535. The third-order valence-electron chi connectivity index (χ3n) is 3.83. The Labute approximate surface area is 154 Å². The van der Waals surface area contributed by atoms with Gasteiger partial charge in [-0.1, -0.05) is 37.3 Å². The molecule has 0 bridgehead atoms. The first kappa shape index (κ1) is 19.4. The summed E-state index contributed by atoms with van der Waals surface area (Å²) in [5.41, 5.74) is 1.11. The largest absolute Gasteiger partial charge is 0.355 e.